The Bertz CT molecular complexity index is 901. The highest BCUT2D eigenvalue weighted by Crippen LogP contribution is 2.29. The quantitative estimate of drug-likeness (QED) is 0.459. The highest BCUT2D eigenvalue weighted by atomic mass is 16.5. The Hall–Kier alpha value is -3.29. The summed E-state index contributed by atoms with van der Waals surface area (Å²) in [7, 11) is 0. The lowest BCUT2D eigenvalue weighted by molar-refractivity contribution is -0.116. The van der Waals surface area contributed by atoms with E-state index >= 15 is 0 Å². The second-order valence-electron chi connectivity index (χ2n) is 6.44. The smallest absolute Gasteiger partial charge is 0.344 e. The Balaban J connectivity index is 2.04. The number of furan rings is 1. The molecule has 0 aliphatic heterocycles. The zero-order valence-corrected chi connectivity index (χ0v) is 17.7. The molecule has 8 heteroatoms. The number of para-hydroxylation sites is 1. The summed E-state index contributed by atoms with van der Waals surface area (Å²) in [6.07, 6.45) is 0.599. The molecule has 1 heterocycles. The Morgan fingerprint density at radius 2 is 1.60 bits per heavy atom. The molecular formula is C22H27NO7. The molecule has 0 saturated heterocycles. The highest BCUT2D eigenvalue weighted by Gasteiger charge is 2.31. The third-order valence-corrected chi connectivity index (χ3v) is 4.20. The van der Waals surface area contributed by atoms with Gasteiger partial charge in [0.05, 0.1) is 19.8 Å². The fourth-order valence-corrected chi connectivity index (χ4v) is 2.80. The number of aryl methyl sites for hydroxylation is 2. The Morgan fingerprint density at radius 1 is 0.967 bits per heavy atom. The van der Waals surface area contributed by atoms with Gasteiger partial charge in [0.15, 0.2) is 0 Å². The van der Waals surface area contributed by atoms with Gasteiger partial charge in [-0.3, -0.25) is 10.1 Å². The first kappa shape index (κ1) is 23.0. The van der Waals surface area contributed by atoms with E-state index in [-0.39, 0.29) is 48.3 Å². The SMILES string of the molecule is CCOC(=O)c1c(C)oc(NC(=O)CCCOc2ccccc2C)c1C(=O)OCC. The first-order valence-corrected chi connectivity index (χ1v) is 9.84. The fraction of sp³-hybridized carbons (Fsp3) is 0.409. The van der Waals surface area contributed by atoms with Crippen LogP contribution in [0.5, 0.6) is 5.75 Å². The van der Waals surface area contributed by atoms with Gasteiger partial charge in [-0.1, -0.05) is 18.2 Å². The standard InChI is InChI=1S/C22H27NO7/c1-5-27-21(25)18-15(4)30-20(19(18)22(26)28-6-2)23-17(24)12-9-13-29-16-11-8-7-10-14(16)3/h7-8,10-11H,5-6,9,12-13H2,1-4H3,(H,23,24). The molecule has 1 N–H and O–H groups in total. The number of hydrogen-bond acceptors (Lipinski definition) is 7. The van der Waals surface area contributed by atoms with Crippen LogP contribution in [-0.2, 0) is 14.3 Å². The van der Waals surface area contributed by atoms with Gasteiger partial charge < -0.3 is 18.6 Å². The molecular weight excluding hydrogens is 390 g/mol. The summed E-state index contributed by atoms with van der Waals surface area (Å²) in [5, 5.41) is 2.55. The maximum Gasteiger partial charge on any atom is 0.344 e. The van der Waals surface area contributed by atoms with Crippen molar-refractivity contribution >= 4 is 23.7 Å². The van der Waals surface area contributed by atoms with Crippen LogP contribution in [0.4, 0.5) is 5.88 Å². The molecule has 0 saturated carbocycles. The Morgan fingerprint density at radius 3 is 2.23 bits per heavy atom. The number of carbonyl (C=O) groups is 3. The third kappa shape index (κ3) is 5.85. The molecule has 0 aliphatic rings. The Labute approximate surface area is 175 Å². The average molecular weight is 417 g/mol. The van der Waals surface area contributed by atoms with Gasteiger partial charge in [0.1, 0.15) is 22.6 Å². The maximum atomic E-state index is 12.4. The molecule has 0 radical (unpaired) electrons. The van der Waals surface area contributed by atoms with Crippen molar-refractivity contribution in [2.24, 2.45) is 0 Å². The van der Waals surface area contributed by atoms with E-state index in [0.717, 1.165) is 11.3 Å². The molecule has 0 fully saturated rings. The minimum absolute atomic E-state index is 0.0477. The van der Waals surface area contributed by atoms with E-state index in [2.05, 4.69) is 5.32 Å². The van der Waals surface area contributed by atoms with Crippen LogP contribution in [0, 0.1) is 13.8 Å². The van der Waals surface area contributed by atoms with Gasteiger partial charge in [0.25, 0.3) is 0 Å². The fourth-order valence-electron chi connectivity index (χ4n) is 2.80. The lowest BCUT2D eigenvalue weighted by atomic mass is 10.1. The summed E-state index contributed by atoms with van der Waals surface area (Å²) in [6, 6.07) is 7.61. The van der Waals surface area contributed by atoms with E-state index in [0.29, 0.717) is 13.0 Å². The van der Waals surface area contributed by atoms with Crippen molar-refractivity contribution in [2.45, 2.75) is 40.5 Å². The van der Waals surface area contributed by atoms with E-state index in [1.807, 2.05) is 31.2 Å². The van der Waals surface area contributed by atoms with Crippen LogP contribution in [0.15, 0.2) is 28.7 Å². The second kappa shape index (κ2) is 11.0. The van der Waals surface area contributed by atoms with Gasteiger partial charge in [-0.05, 0) is 45.7 Å². The van der Waals surface area contributed by atoms with Crippen molar-refractivity contribution in [3.63, 3.8) is 0 Å². The molecule has 0 spiro atoms. The van der Waals surface area contributed by atoms with Gasteiger partial charge in [0, 0.05) is 6.42 Å². The zero-order valence-electron chi connectivity index (χ0n) is 17.7. The summed E-state index contributed by atoms with van der Waals surface area (Å²) in [5.41, 5.74) is 0.824. The van der Waals surface area contributed by atoms with Crippen molar-refractivity contribution in [3.8, 4) is 5.75 Å². The average Bonchev–Trinajstić information content (AvgIpc) is 3.02. The van der Waals surface area contributed by atoms with Gasteiger partial charge in [-0.2, -0.15) is 0 Å². The minimum atomic E-state index is -0.768. The van der Waals surface area contributed by atoms with Crippen molar-refractivity contribution in [1.82, 2.24) is 0 Å². The number of hydrogen-bond donors (Lipinski definition) is 1. The van der Waals surface area contributed by atoms with Gasteiger partial charge in [-0.15, -0.1) is 0 Å². The molecule has 0 aliphatic carbocycles. The molecule has 2 aromatic rings. The van der Waals surface area contributed by atoms with E-state index in [1.165, 1.54) is 6.92 Å². The molecule has 1 amide bonds. The number of nitrogens with one attached hydrogen (secondary N) is 1. The van der Waals surface area contributed by atoms with Crippen molar-refractivity contribution in [2.75, 3.05) is 25.1 Å². The molecule has 1 aromatic heterocycles. The largest absolute Gasteiger partial charge is 0.493 e. The monoisotopic (exact) mass is 417 g/mol. The van der Waals surface area contributed by atoms with Gasteiger partial charge in [0.2, 0.25) is 11.8 Å². The first-order chi connectivity index (χ1) is 14.4. The molecule has 0 unspecified atom stereocenters. The van der Waals surface area contributed by atoms with Crippen LogP contribution >= 0.6 is 0 Å². The van der Waals surface area contributed by atoms with Crippen molar-refractivity contribution in [3.05, 3.63) is 46.7 Å². The third-order valence-electron chi connectivity index (χ3n) is 4.20. The predicted molar refractivity (Wildman–Crippen MR) is 110 cm³/mol. The number of esters is 2. The second-order valence-corrected chi connectivity index (χ2v) is 6.44. The molecule has 0 bridgehead atoms. The number of carbonyl (C=O) groups excluding carboxylic acids is 3. The number of rotatable bonds is 10. The minimum Gasteiger partial charge on any atom is -0.493 e. The van der Waals surface area contributed by atoms with Crippen LogP contribution in [0.2, 0.25) is 0 Å². The van der Waals surface area contributed by atoms with Crippen molar-refractivity contribution in [1.29, 1.82) is 0 Å². The molecule has 30 heavy (non-hydrogen) atoms. The van der Waals surface area contributed by atoms with Crippen molar-refractivity contribution < 1.29 is 33.0 Å². The van der Waals surface area contributed by atoms with Crippen LogP contribution in [0.3, 0.4) is 0 Å². The van der Waals surface area contributed by atoms with E-state index in [1.54, 1.807) is 13.8 Å². The van der Waals surface area contributed by atoms with E-state index in [9.17, 15) is 14.4 Å². The topological polar surface area (TPSA) is 104 Å². The van der Waals surface area contributed by atoms with Crippen LogP contribution in [0.1, 0.15) is 58.7 Å². The maximum absolute atomic E-state index is 12.4. The lowest BCUT2D eigenvalue weighted by Crippen LogP contribution is -2.17. The molecule has 2 rings (SSSR count). The number of anilines is 1. The molecule has 162 valence electrons. The predicted octanol–water partition coefficient (Wildman–Crippen LogP) is 4.05. The molecule has 1 aromatic carbocycles. The molecule has 0 atom stereocenters. The van der Waals surface area contributed by atoms with E-state index in [4.69, 9.17) is 18.6 Å². The normalized spacial score (nSPS) is 10.4. The number of ether oxygens (including phenoxy) is 3. The van der Waals surface area contributed by atoms with Crippen LogP contribution in [-0.4, -0.2) is 37.7 Å². The summed E-state index contributed by atoms with van der Waals surface area (Å²) in [6.45, 7) is 7.35. The summed E-state index contributed by atoms with van der Waals surface area (Å²) < 4.78 is 21.2. The van der Waals surface area contributed by atoms with E-state index < -0.39 is 11.9 Å². The Kier molecular flexibility index (Phi) is 8.46. The van der Waals surface area contributed by atoms with Gasteiger partial charge in [-0.25, -0.2) is 9.59 Å². The number of amides is 1. The van der Waals surface area contributed by atoms with Gasteiger partial charge >= 0.3 is 11.9 Å². The summed E-state index contributed by atoms with van der Waals surface area (Å²) >= 11 is 0. The highest BCUT2D eigenvalue weighted by molar-refractivity contribution is 6.09. The summed E-state index contributed by atoms with van der Waals surface area (Å²) in [4.78, 5) is 37.0. The number of benzene rings is 1. The first-order valence-electron chi connectivity index (χ1n) is 9.84. The lowest BCUT2D eigenvalue weighted by Gasteiger charge is -2.09. The summed E-state index contributed by atoms with van der Waals surface area (Å²) in [5.74, 6) is -1.06. The molecule has 8 nitrogen and oxygen atoms in total. The zero-order chi connectivity index (χ0) is 22.1. The van der Waals surface area contributed by atoms with Crippen LogP contribution < -0.4 is 10.1 Å². The van der Waals surface area contributed by atoms with Crippen LogP contribution in [0.25, 0.3) is 0 Å².